The molecule has 1 aliphatic carbocycles. The third-order valence-corrected chi connectivity index (χ3v) is 9.04. The lowest BCUT2D eigenvalue weighted by Crippen LogP contribution is -2.68. The molecule has 1 saturated heterocycles. The molecular formula is C38H41N3O5. The smallest absolute Gasteiger partial charge is 0.268 e. The highest BCUT2D eigenvalue weighted by atomic mass is 16.3. The minimum Gasteiger partial charge on any atom is -0.507 e. The van der Waals surface area contributed by atoms with E-state index in [2.05, 4.69) is 22.2 Å². The summed E-state index contributed by atoms with van der Waals surface area (Å²) in [6.45, 7) is 13.9. The van der Waals surface area contributed by atoms with Crippen molar-refractivity contribution in [3.05, 3.63) is 107 Å². The molecule has 1 aromatic heterocycles. The molecule has 5 rings (SSSR count). The predicted octanol–water partition coefficient (Wildman–Crippen LogP) is 6.62. The summed E-state index contributed by atoms with van der Waals surface area (Å²) < 4.78 is 0. The van der Waals surface area contributed by atoms with Crippen molar-refractivity contribution in [2.45, 2.75) is 58.4 Å². The Bertz CT molecular complexity index is 1870. The average molecular weight is 620 g/mol. The van der Waals surface area contributed by atoms with Crippen LogP contribution in [0.4, 0.5) is 0 Å². The molecule has 2 aromatic carbocycles. The molecule has 8 nitrogen and oxygen atoms in total. The van der Waals surface area contributed by atoms with E-state index < -0.39 is 22.8 Å². The molecule has 1 aliphatic heterocycles. The van der Waals surface area contributed by atoms with Crippen molar-refractivity contribution < 1.29 is 24.6 Å². The zero-order chi connectivity index (χ0) is 33.4. The van der Waals surface area contributed by atoms with Gasteiger partial charge in [-0.15, -0.1) is 6.58 Å². The minimum atomic E-state index is -1.31. The number of aldehydes is 1. The van der Waals surface area contributed by atoms with Gasteiger partial charge in [0.05, 0.1) is 5.56 Å². The maximum absolute atomic E-state index is 14.0. The number of para-hydroxylation sites is 1. The number of piperazine rings is 1. The Balaban J connectivity index is 1.52. The topological polar surface area (TPSA) is 132 Å². The van der Waals surface area contributed by atoms with Gasteiger partial charge in [-0.1, -0.05) is 81.0 Å². The standard InChI is InChI=1S/C38H41N3O5/c1-7-37(5,6)34-28(26-10-8-9-11-30(26)39-34)19-31-35(45)41-38(36(46)40-31)20-23(4)13-15-25(38)16-17-27-29(21-42)33(44)24(18-32(27)43)14-12-22(2)3/h7-13,15-19,21,23,25,39,43-44H,1,14,20H2,2-6H3,(H,40,46)(H,41,45)/b17-16+,31-19-/t23-,25+,38+/m0/s1. The molecule has 1 spiro atoms. The Kier molecular flexibility index (Phi) is 8.67. The maximum Gasteiger partial charge on any atom is 0.268 e. The Morgan fingerprint density at radius 1 is 1.11 bits per heavy atom. The molecule has 0 bridgehead atoms. The quantitative estimate of drug-likeness (QED) is 0.0838. The van der Waals surface area contributed by atoms with E-state index in [9.17, 15) is 24.6 Å². The summed E-state index contributed by atoms with van der Waals surface area (Å²) in [6.07, 6.45) is 13.7. The summed E-state index contributed by atoms with van der Waals surface area (Å²) in [5, 5.41) is 28.5. The molecule has 0 radical (unpaired) electrons. The average Bonchev–Trinajstić information content (AvgIpc) is 3.39. The molecule has 2 heterocycles. The first-order chi connectivity index (χ1) is 21.8. The van der Waals surface area contributed by atoms with Crippen LogP contribution in [-0.4, -0.2) is 38.8 Å². The number of phenolic OH excluding ortho intramolecular Hbond substituents is 2. The lowest BCUT2D eigenvalue weighted by molar-refractivity contribution is -0.138. The van der Waals surface area contributed by atoms with Gasteiger partial charge in [0.1, 0.15) is 22.7 Å². The van der Waals surface area contributed by atoms with Gasteiger partial charge in [0.2, 0.25) is 0 Å². The number of H-pyrrole nitrogens is 1. The fourth-order valence-electron chi connectivity index (χ4n) is 6.29. The van der Waals surface area contributed by atoms with Crippen LogP contribution in [-0.2, 0) is 21.4 Å². The van der Waals surface area contributed by atoms with Crippen molar-refractivity contribution in [2.75, 3.05) is 0 Å². The maximum atomic E-state index is 14.0. The summed E-state index contributed by atoms with van der Waals surface area (Å²) >= 11 is 0. The van der Waals surface area contributed by atoms with Gasteiger partial charge in [0, 0.05) is 44.6 Å². The summed E-state index contributed by atoms with van der Waals surface area (Å²) in [5.41, 5.74) is 2.49. The van der Waals surface area contributed by atoms with E-state index in [0.717, 1.165) is 27.7 Å². The van der Waals surface area contributed by atoms with Gasteiger partial charge in [-0.05, 0) is 50.8 Å². The van der Waals surface area contributed by atoms with Gasteiger partial charge in [-0.25, -0.2) is 0 Å². The zero-order valence-corrected chi connectivity index (χ0v) is 26.9. The van der Waals surface area contributed by atoms with Crippen LogP contribution >= 0.6 is 0 Å². The molecule has 3 aromatic rings. The Labute approximate surface area is 269 Å². The van der Waals surface area contributed by atoms with E-state index in [4.69, 9.17) is 0 Å². The van der Waals surface area contributed by atoms with Crippen LogP contribution in [0.5, 0.6) is 11.5 Å². The number of hydrogen-bond donors (Lipinski definition) is 5. The number of aromatic amines is 1. The Morgan fingerprint density at radius 3 is 2.54 bits per heavy atom. The molecule has 238 valence electrons. The Morgan fingerprint density at radius 2 is 1.85 bits per heavy atom. The highest BCUT2D eigenvalue weighted by molar-refractivity contribution is 6.10. The van der Waals surface area contributed by atoms with Gasteiger partial charge in [-0.2, -0.15) is 0 Å². The second-order valence-electron chi connectivity index (χ2n) is 13.1. The number of benzene rings is 2. The van der Waals surface area contributed by atoms with E-state index in [1.165, 1.54) is 12.1 Å². The molecule has 5 N–H and O–H groups in total. The zero-order valence-electron chi connectivity index (χ0n) is 26.9. The second kappa shape index (κ2) is 12.4. The van der Waals surface area contributed by atoms with Crippen LogP contribution in [0.1, 0.15) is 73.8 Å². The number of phenols is 2. The van der Waals surface area contributed by atoms with Crippen LogP contribution in [0.3, 0.4) is 0 Å². The molecule has 46 heavy (non-hydrogen) atoms. The van der Waals surface area contributed by atoms with E-state index in [1.54, 1.807) is 12.2 Å². The van der Waals surface area contributed by atoms with Crippen LogP contribution < -0.4 is 10.6 Å². The van der Waals surface area contributed by atoms with Crippen LogP contribution in [0.2, 0.25) is 0 Å². The number of fused-ring (bicyclic) bond motifs is 1. The number of allylic oxidation sites excluding steroid dienone is 4. The van der Waals surface area contributed by atoms with Crippen molar-refractivity contribution in [2.24, 2.45) is 11.8 Å². The first-order valence-corrected chi connectivity index (χ1v) is 15.4. The van der Waals surface area contributed by atoms with E-state index in [0.29, 0.717) is 24.7 Å². The lowest BCUT2D eigenvalue weighted by Gasteiger charge is -2.44. The predicted molar refractivity (Wildman–Crippen MR) is 182 cm³/mol. The van der Waals surface area contributed by atoms with Gasteiger partial charge in [0.25, 0.3) is 11.8 Å². The highest BCUT2D eigenvalue weighted by Crippen LogP contribution is 2.39. The molecule has 2 amide bonds. The molecule has 0 unspecified atom stereocenters. The second-order valence-corrected chi connectivity index (χ2v) is 13.1. The van der Waals surface area contributed by atoms with Crippen LogP contribution in [0.15, 0.2) is 78.6 Å². The van der Waals surface area contributed by atoms with E-state index in [1.807, 2.05) is 83.2 Å². The summed E-state index contributed by atoms with van der Waals surface area (Å²) in [6, 6.07) is 9.23. The number of carbonyl (C=O) groups is 3. The van der Waals surface area contributed by atoms with Crippen molar-refractivity contribution in [3.63, 3.8) is 0 Å². The Hall–Kier alpha value is -5.11. The largest absolute Gasteiger partial charge is 0.507 e. The number of aromatic hydroxyl groups is 2. The van der Waals surface area contributed by atoms with Crippen molar-refractivity contribution >= 4 is 41.2 Å². The number of hydrogen-bond acceptors (Lipinski definition) is 5. The van der Waals surface area contributed by atoms with E-state index in [-0.39, 0.29) is 40.1 Å². The normalized spacial score (nSPS) is 22.3. The number of rotatable bonds is 8. The molecule has 1 fully saturated rings. The molecular weight excluding hydrogens is 578 g/mol. The monoisotopic (exact) mass is 619 g/mol. The SMILES string of the molecule is C=CC(C)(C)c1[nH]c2ccccc2c1/C=C1\NC(=O)[C@]2(C[C@@H](C)C=C[C@@H]2/C=C/c2c(O)cc(CC=C(C)C)c(O)c2C=O)NC1=O. The van der Waals surface area contributed by atoms with Crippen LogP contribution in [0, 0.1) is 11.8 Å². The van der Waals surface area contributed by atoms with Gasteiger partial charge >= 0.3 is 0 Å². The fraction of sp³-hybridized carbons (Fsp3) is 0.289. The van der Waals surface area contributed by atoms with Gasteiger partial charge in [0.15, 0.2) is 6.29 Å². The summed E-state index contributed by atoms with van der Waals surface area (Å²) in [4.78, 5) is 43.3. The first-order valence-electron chi connectivity index (χ1n) is 15.4. The van der Waals surface area contributed by atoms with Crippen LogP contribution in [0.25, 0.3) is 23.1 Å². The number of carbonyl (C=O) groups excluding carboxylic acids is 3. The van der Waals surface area contributed by atoms with E-state index >= 15 is 0 Å². The summed E-state index contributed by atoms with van der Waals surface area (Å²) in [5.74, 6) is -1.78. The first kappa shape index (κ1) is 32.3. The molecule has 8 heteroatoms. The van der Waals surface area contributed by atoms with Crippen molar-refractivity contribution in [1.29, 1.82) is 0 Å². The lowest BCUT2D eigenvalue weighted by atomic mass is 9.71. The molecule has 3 atom stereocenters. The molecule has 0 saturated carbocycles. The summed E-state index contributed by atoms with van der Waals surface area (Å²) in [7, 11) is 0. The number of aromatic nitrogens is 1. The fourth-order valence-corrected chi connectivity index (χ4v) is 6.29. The minimum absolute atomic E-state index is 0.00724. The van der Waals surface area contributed by atoms with Gasteiger partial charge < -0.3 is 25.8 Å². The van der Waals surface area contributed by atoms with Crippen molar-refractivity contribution in [3.8, 4) is 11.5 Å². The number of amides is 2. The number of nitrogens with one attached hydrogen (secondary N) is 3. The highest BCUT2D eigenvalue weighted by Gasteiger charge is 2.50. The molecule has 2 aliphatic rings. The third-order valence-electron chi connectivity index (χ3n) is 9.04. The van der Waals surface area contributed by atoms with Crippen molar-refractivity contribution in [1.82, 2.24) is 15.6 Å². The third kappa shape index (κ3) is 5.83. The van der Waals surface area contributed by atoms with Gasteiger partial charge in [-0.3, -0.25) is 14.4 Å².